The minimum Gasteiger partial charge on any atom is -0.496 e. The van der Waals surface area contributed by atoms with Crippen LogP contribution in [0.3, 0.4) is 0 Å². The van der Waals surface area contributed by atoms with E-state index in [1.807, 2.05) is 61.2 Å². The van der Waals surface area contributed by atoms with Crippen LogP contribution in [-0.4, -0.2) is 76.3 Å². The highest BCUT2D eigenvalue weighted by Crippen LogP contribution is 2.43. The number of amides is 1. The molecule has 0 spiro atoms. The number of likely N-dealkylation sites (tertiary alicyclic amines) is 2. The van der Waals surface area contributed by atoms with Gasteiger partial charge in [0.15, 0.2) is 0 Å². The first-order valence-electron chi connectivity index (χ1n) is 19.1. The van der Waals surface area contributed by atoms with Gasteiger partial charge in [-0.2, -0.15) is 13.2 Å². The fourth-order valence-corrected chi connectivity index (χ4v) is 8.04. The maximum atomic E-state index is 14.5. The summed E-state index contributed by atoms with van der Waals surface area (Å²) in [6, 6.07) is 15.7. The van der Waals surface area contributed by atoms with Crippen LogP contribution < -0.4 is 10.1 Å². The van der Waals surface area contributed by atoms with E-state index in [2.05, 4.69) is 15.2 Å². The lowest BCUT2D eigenvalue weighted by Crippen LogP contribution is -2.23. The van der Waals surface area contributed by atoms with Gasteiger partial charge < -0.3 is 20.3 Å². The Bertz CT molecular complexity index is 2170. The van der Waals surface area contributed by atoms with E-state index in [1.165, 1.54) is 19.3 Å². The van der Waals surface area contributed by atoms with Gasteiger partial charge in [-0.05, 0) is 121 Å². The van der Waals surface area contributed by atoms with Gasteiger partial charge in [0.1, 0.15) is 11.4 Å². The van der Waals surface area contributed by atoms with E-state index < -0.39 is 23.6 Å². The number of aliphatic carboxylic acids is 1. The van der Waals surface area contributed by atoms with Gasteiger partial charge in [0.25, 0.3) is 5.91 Å². The number of rotatable bonds is 12. The number of β-amino-alcohol motifs (C(OH)–C–C–N with tert-alkyl or cyclic N) is 1. The number of nitrogens with zero attached hydrogens (tertiary/aromatic N) is 3. The molecule has 0 bridgehead atoms. The molecule has 1 amide bonds. The number of pyridine rings is 1. The van der Waals surface area contributed by atoms with Gasteiger partial charge in [-0.15, -0.1) is 0 Å². The maximum absolute atomic E-state index is 14.5. The molecule has 3 aromatic carbocycles. The first-order chi connectivity index (χ1) is 26.8. The standard InChI is InChI=1S/C44H47F3N4O5/c1-26-28(10-13-30-19-41(56-3)32(18-38(30)44(45,46)47)23-50-16-14-31(22-50)43(54)55)6-4-7-35(26)36-8-5-9-39(27(36)2)49-42(53)40-20-37(29-11-12-29)33(21-48-40)24-51-17-15-34(52)25-51/h4-10,13,18-21,29,31,34,52H,11-12,14-17,22-25H2,1-3H3,(H,49,53)(H,54,55)/b13-10+/t31-,34-/m1/s1. The summed E-state index contributed by atoms with van der Waals surface area (Å²) in [5, 5.41) is 22.4. The Morgan fingerprint density at radius 3 is 2.23 bits per heavy atom. The molecule has 56 heavy (non-hydrogen) atoms. The quantitative estimate of drug-likeness (QED) is 0.124. The summed E-state index contributed by atoms with van der Waals surface area (Å²) in [6.07, 6.45) is 3.34. The SMILES string of the molecule is COc1cc(/C=C/c2cccc(-c3cccc(NC(=O)c4cc(C5CC5)c(CN5CC[C@@H](O)C5)cn4)c3C)c2C)c(C(F)(F)F)cc1CN1CC[C@@H](C(=O)O)C1. The van der Waals surface area contributed by atoms with E-state index in [0.29, 0.717) is 54.7 Å². The first kappa shape index (κ1) is 39.2. The van der Waals surface area contributed by atoms with E-state index in [0.717, 1.165) is 70.8 Å². The maximum Gasteiger partial charge on any atom is 0.417 e. The number of nitrogens with one attached hydrogen (secondary N) is 1. The smallest absolute Gasteiger partial charge is 0.417 e. The summed E-state index contributed by atoms with van der Waals surface area (Å²) in [4.78, 5) is 33.6. The van der Waals surface area contributed by atoms with Crippen molar-refractivity contribution >= 4 is 29.7 Å². The number of methoxy groups -OCH3 is 1. The second-order valence-electron chi connectivity index (χ2n) is 15.3. The molecular formula is C44H47F3N4O5. The van der Waals surface area contributed by atoms with Crippen LogP contribution >= 0.6 is 0 Å². The highest BCUT2D eigenvalue weighted by molar-refractivity contribution is 6.04. The largest absolute Gasteiger partial charge is 0.496 e. The molecule has 2 atom stereocenters. The summed E-state index contributed by atoms with van der Waals surface area (Å²) < 4.78 is 48.9. The molecule has 0 radical (unpaired) electrons. The van der Waals surface area contributed by atoms with Gasteiger partial charge in [-0.1, -0.05) is 42.5 Å². The number of ether oxygens (including phenoxy) is 1. The van der Waals surface area contributed by atoms with Gasteiger partial charge in [-0.25, -0.2) is 0 Å². The van der Waals surface area contributed by atoms with Crippen LogP contribution in [0, 0.1) is 19.8 Å². The summed E-state index contributed by atoms with van der Waals surface area (Å²) >= 11 is 0. The third kappa shape index (κ3) is 8.67. The molecule has 2 aliphatic heterocycles. The van der Waals surface area contributed by atoms with Crippen molar-refractivity contribution in [1.29, 1.82) is 0 Å². The number of carboxylic acid groups (broad SMARTS) is 1. The van der Waals surface area contributed by atoms with Gasteiger partial charge >= 0.3 is 12.1 Å². The Balaban J connectivity index is 1.11. The van der Waals surface area contributed by atoms with Crippen LogP contribution in [0.1, 0.15) is 86.6 Å². The van der Waals surface area contributed by atoms with Crippen molar-refractivity contribution in [2.75, 3.05) is 38.6 Å². The zero-order chi connectivity index (χ0) is 39.7. The van der Waals surface area contributed by atoms with Gasteiger partial charge in [0.2, 0.25) is 0 Å². The van der Waals surface area contributed by atoms with E-state index in [4.69, 9.17) is 4.74 Å². The molecule has 3 heterocycles. The monoisotopic (exact) mass is 768 g/mol. The van der Waals surface area contributed by atoms with Gasteiger partial charge in [0.05, 0.1) is 24.7 Å². The first-order valence-corrected chi connectivity index (χ1v) is 19.1. The number of alkyl halides is 3. The highest BCUT2D eigenvalue weighted by atomic mass is 19.4. The molecule has 4 aromatic rings. The molecule has 1 saturated carbocycles. The fourth-order valence-electron chi connectivity index (χ4n) is 8.04. The number of carbonyl (C=O) groups is 2. The predicted octanol–water partition coefficient (Wildman–Crippen LogP) is 8.17. The van der Waals surface area contributed by atoms with Crippen molar-refractivity contribution in [3.05, 3.63) is 111 Å². The highest BCUT2D eigenvalue weighted by Gasteiger charge is 2.35. The van der Waals surface area contributed by atoms with Crippen molar-refractivity contribution in [1.82, 2.24) is 14.8 Å². The number of halogens is 3. The minimum absolute atomic E-state index is 0.0463. The molecule has 0 unspecified atom stereocenters. The van der Waals surface area contributed by atoms with Crippen LogP contribution in [-0.2, 0) is 24.1 Å². The van der Waals surface area contributed by atoms with Crippen molar-refractivity contribution in [2.24, 2.45) is 5.92 Å². The van der Waals surface area contributed by atoms with Crippen LogP contribution in [0.25, 0.3) is 23.3 Å². The molecule has 9 nitrogen and oxygen atoms in total. The van der Waals surface area contributed by atoms with Crippen LogP contribution in [0.4, 0.5) is 18.9 Å². The Morgan fingerprint density at radius 2 is 1.57 bits per heavy atom. The minimum atomic E-state index is -4.64. The number of aliphatic hydroxyl groups excluding tert-OH is 1. The average Bonchev–Trinajstić information content (AvgIpc) is 3.76. The second-order valence-corrected chi connectivity index (χ2v) is 15.3. The summed E-state index contributed by atoms with van der Waals surface area (Å²) in [7, 11) is 1.41. The summed E-state index contributed by atoms with van der Waals surface area (Å²) in [6.45, 7) is 6.92. The molecule has 3 N–H and O–H groups in total. The number of carbonyl (C=O) groups excluding carboxylic acids is 1. The predicted molar refractivity (Wildman–Crippen MR) is 209 cm³/mol. The van der Waals surface area contributed by atoms with Crippen LogP contribution in [0.5, 0.6) is 5.75 Å². The molecule has 12 heteroatoms. The van der Waals surface area contributed by atoms with Crippen molar-refractivity contribution < 1.29 is 37.7 Å². The zero-order valence-electron chi connectivity index (χ0n) is 31.8. The van der Waals surface area contributed by atoms with Crippen LogP contribution in [0.2, 0.25) is 0 Å². The van der Waals surface area contributed by atoms with Crippen LogP contribution in [0.15, 0.2) is 60.8 Å². The average molecular weight is 769 g/mol. The van der Waals surface area contributed by atoms with Crippen molar-refractivity contribution in [3.8, 4) is 16.9 Å². The second kappa shape index (κ2) is 16.2. The molecule has 294 valence electrons. The van der Waals surface area contributed by atoms with E-state index in [1.54, 1.807) is 12.3 Å². The lowest BCUT2D eigenvalue weighted by atomic mass is 9.92. The molecule has 1 aromatic heterocycles. The summed E-state index contributed by atoms with van der Waals surface area (Å²) in [5.41, 5.74) is 6.89. The van der Waals surface area contributed by atoms with E-state index >= 15 is 0 Å². The Morgan fingerprint density at radius 1 is 0.893 bits per heavy atom. The number of anilines is 1. The zero-order valence-corrected chi connectivity index (χ0v) is 31.8. The fraction of sp³-hybridized carbons (Fsp3) is 0.386. The number of aromatic nitrogens is 1. The lowest BCUT2D eigenvalue weighted by molar-refractivity contribution is -0.141. The number of carboxylic acids is 1. The molecular weight excluding hydrogens is 722 g/mol. The van der Waals surface area contributed by atoms with Gasteiger partial charge in [-0.3, -0.25) is 24.4 Å². The summed E-state index contributed by atoms with van der Waals surface area (Å²) in [5.74, 6) is -1.04. The topological polar surface area (TPSA) is 115 Å². The van der Waals surface area contributed by atoms with Gasteiger partial charge in [0, 0.05) is 50.2 Å². The Hall–Kier alpha value is -5.04. The number of benzene rings is 3. The number of hydrogen-bond acceptors (Lipinski definition) is 7. The Labute approximate surface area is 324 Å². The molecule has 3 aliphatic rings. The molecule has 2 saturated heterocycles. The van der Waals surface area contributed by atoms with E-state index in [-0.39, 0.29) is 30.7 Å². The third-order valence-corrected chi connectivity index (χ3v) is 11.4. The van der Waals surface area contributed by atoms with Crippen molar-refractivity contribution in [2.45, 2.75) is 70.8 Å². The molecule has 7 rings (SSSR count). The Kier molecular flexibility index (Phi) is 11.3. The number of hydrogen-bond donors (Lipinski definition) is 3. The third-order valence-electron chi connectivity index (χ3n) is 11.4. The number of aliphatic hydroxyl groups is 1. The van der Waals surface area contributed by atoms with Crippen molar-refractivity contribution in [3.63, 3.8) is 0 Å². The lowest BCUT2D eigenvalue weighted by Gasteiger charge is -2.20. The van der Waals surface area contributed by atoms with E-state index in [9.17, 15) is 33.0 Å². The normalized spacial score (nSPS) is 19.2. The molecule has 3 fully saturated rings. The molecule has 1 aliphatic carbocycles.